The fourth-order valence-electron chi connectivity index (χ4n) is 7.73. The van der Waals surface area contributed by atoms with E-state index < -0.39 is 15.7 Å². The van der Waals surface area contributed by atoms with Crippen molar-refractivity contribution in [2.24, 2.45) is 11.8 Å². The molecule has 0 aliphatic carbocycles. The van der Waals surface area contributed by atoms with E-state index in [1.165, 1.54) is 24.5 Å². The van der Waals surface area contributed by atoms with E-state index in [9.17, 15) is 8.42 Å². The SMILES string of the molecule is CN(C)CCCOc1ccc(CN2CCC(C3CCN(C4(c5ccc(S(=O)(=O)c6ccc7c(c6)OCO7)cc5)OCCO4)CC3)CC2)cc1. The van der Waals surface area contributed by atoms with Gasteiger partial charge in [-0.2, -0.15) is 0 Å². The van der Waals surface area contributed by atoms with E-state index in [1.807, 2.05) is 12.1 Å². The van der Waals surface area contributed by atoms with Crippen LogP contribution in [0.2, 0.25) is 0 Å². The van der Waals surface area contributed by atoms with Gasteiger partial charge in [0.25, 0.3) is 5.91 Å². The van der Waals surface area contributed by atoms with Crippen LogP contribution in [0, 0.1) is 11.8 Å². The molecule has 7 rings (SSSR count). The number of hydrogen-bond donors (Lipinski definition) is 0. The molecule has 4 aliphatic rings. The third-order valence-electron chi connectivity index (χ3n) is 10.5. The van der Waals surface area contributed by atoms with Crippen molar-refractivity contribution in [3.8, 4) is 17.2 Å². The maximum Gasteiger partial charge on any atom is 0.258 e. The van der Waals surface area contributed by atoms with E-state index in [4.69, 9.17) is 23.7 Å². The summed E-state index contributed by atoms with van der Waals surface area (Å²) in [7, 11) is 0.437. The number of nitrogens with zero attached hydrogens (tertiary/aromatic N) is 3. The number of fused-ring (bicyclic) bond motifs is 1. The van der Waals surface area contributed by atoms with Crippen LogP contribution in [0.25, 0.3) is 0 Å². The molecule has 10 nitrogen and oxygen atoms in total. The molecule has 0 radical (unpaired) electrons. The van der Waals surface area contributed by atoms with Gasteiger partial charge in [0.2, 0.25) is 16.6 Å². The molecule has 0 unspecified atom stereocenters. The summed E-state index contributed by atoms with van der Waals surface area (Å²) in [5.74, 6) is 2.38. The molecule has 11 heteroatoms. The van der Waals surface area contributed by atoms with Crippen molar-refractivity contribution in [1.82, 2.24) is 14.7 Å². The first-order chi connectivity index (χ1) is 23.8. The van der Waals surface area contributed by atoms with Crippen LogP contribution >= 0.6 is 0 Å². The highest BCUT2D eigenvalue weighted by molar-refractivity contribution is 7.91. The Hall–Kier alpha value is -3.19. The third-order valence-corrected chi connectivity index (χ3v) is 12.2. The fraction of sp³-hybridized carbons (Fsp3) is 0.526. The highest BCUT2D eigenvalue weighted by Crippen LogP contribution is 2.42. The summed E-state index contributed by atoms with van der Waals surface area (Å²) < 4.78 is 56.2. The molecule has 4 heterocycles. The van der Waals surface area contributed by atoms with Gasteiger partial charge >= 0.3 is 0 Å². The first-order valence-corrected chi connectivity index (χ1v) is 19.2. The highest BCUT2D eigenvalue weighted by Gasteiger charge is 2.46. The Bertz CT molecular complexity index is 1640. The van der Waals surface area contributed by atoms with Crippen LogP contribution in [-0.2, 0) is 31.8 Å². The molecule has 3 saturated heterocycles. The summed E-state index contributed by atoms with van der Waals surface area (Å²) in [6, 6.07) is 20.3. The summed E-state index contributed by atoms with van der Waals surface area (Å²) in [6.07, 6.45) is 5.69. The van der Waals surface area contributed by atoms with Crippen LogP contribution in [0.3, 0.4) is 0 Å². The molecule has 0 N–H and O–H groups in total. The molecule has 0 spiro atoms. The van der Waals surface area contributed by atoms with E-state index in [1.54, 1.807) is 24.3 Å². The van der Waals surface area contributed by atoms with E-state index in [0.717, 1.165) is 82.4 Å². The van der Waals surface area contributed by atoms with E-state index >= 15 is 0 Å². The lowest BCUT2D eigenvalue weighted by Crippen LogP contribution is -2.51. The molecule has 3 aromatic carbocycles. The number of rotatable bonds is 12. The van der Waals surface area contributed by atoms with Crippen molar-refractivity contribution in [3.63, 3.8) is 0 Å². The molecule has 0 amide bonds. The van der Waals surface area contributed by atoms with E-state index in [-0.39, 0.29) is 16.6 Å². The smallest absolute Gasteiger partial charge is 0.258 e. The second kappa shape index (κ2) is 15.0. The number of ether oxygens (including phenoxy) is 5. The van der Waals surface area contributed by atoms with Gasteiger partial charge in [-0.3, -0.25) is 4.90 Å². The molecule has 264 valence electrons. The average Bonchev–Trinajstić information content (AvgIpc) is 3.82. The Morgan fingerprint density at radius 1 is 0.796 bits per heavy atom. The first kappa shape index (κ1) is 34.3. The molecule has 0 aromatic heterocycles. The van der Waals surface area contributed by atoms with E-state index in [0.29, 0.717) is 30.6 Å². The maximum absolute atomic E-state index is 13.4. The topological polar surface area (TPSA) is 90.0 Å². The van der Waals surface area contributed by atoms with Crippen molar-refractivity contribution in [3.05, 3.63) is 77.9 Å². The van der Waals surface area contributed by atoms with Crippen molar-refractivity contribution in [2.75, 3.05) is 73.4 Å². The number of hydrogen-bond acceptors (Lipinski definition) is 10. The number of piperidine rings is 2. The van der Waals surface area contributed by atoms with Crippen molar-refractivity contribution >= 4 is 9.84 Å². The van der Waals surface area contributed by atoms with Crippen LogP contribution in [-0.4, -0.2) is 96.6 Å². The minimum absolute atomic E-state index is 0.0938. The second-order valence-electron chi connectivity index (χ2n) is 13.9. The monoisotopic (exact) mass is 691 g/mol. The summed E-state index contributed by atoms with van der Waals surface area (Å²) in [5, 5.41) is 0. The highest BCUT2D eigenvalue weighted by atomic mass is 32.2. The molecular formula is C38H49N3O7S. The lowest BCUT2D eigenvalue weighted by Gasteiger charge is -2.45. The fourth-order valence-corrected chi connectivity index (χ4v) is 9.00. The minimum atomic E-state index is -3.74. The second-order valence-corrected chi connectivity index (χ2v) is 15.9. The molecule has 0 atom stereocenters. The molecule has 49 heavy (non-hydrogen) atoms. The molecule has 0 saturated carbocycles. The van der Waals surface area contributed by atoms with E-state index in [2.05, 4.69) is 53.1 Å². The van der Waals surface area contributed by atoms with Gasteiger partial charge in [0.15, 0.2) is 11.5 Å². The Labute approximate surface area is 290 Å². The Morgan fingerprint density at radius 2 is 1.43 bits per heavy atom. The predicted molar refractivity (Wildman–Crippen MR) is 185 cm³/mol. The Kier molecular flexibility index (Phi) is 10.5. The number of likely N-dealkylation sites (tertiary alicyclic amines) is 2. The van der Waals surface area contributed by atoms with Gasteiger partial charge in [0, 0.05) is 37.8 Å². The normalized spacial score (nSPS) is 20.6. The van der Waals surface area contributed by atoms with Gasteiger partial charge in [0.05, 0.1) is 29.6 Å². The number of benzene rings is 3. The Morgan fingerprint density at radius 3 is 2.10 bits per heavy atom. The van der Waals surface area contributed by atoms with Crippen LogP contribution in [0.4, 0.5) is 0 Å². The van der Waals surface area contributed by atoms with Crippen molar-refractivity contribution < 1.29 is 32.1 Å². The van der Waals surface area contributed by atoms with Crippen LogP contribution in [0.1, 0.15) is 43.2 Å². The van der Waals surface area contributed by atoms with Gasteiger partial charge in [0.1, 0.15) is 5.75 Å². The lowest BCUT2D eigenvalue weighted by atomic mass is 9.78. The maximum atomic E-state index is 13.4. The van der Waals surface area contributed by atoms with Crippen molar-refractivity contribution in [1.29, 1.82) is 0 Å². The summed E-state index contributed by atoms with van der Waals surface area (Å²) in [5.41, 5.74) is 2.16. The molecule has 3 fully saturated rings. The molecule has 4 aliphatic heterocycles. The predicted octanol–water partition coefficient (Wildman–Crippen LogP) is 5.36. The van der Waals surface area contributed by atoms with Crippen LogP contribution in [0.15, 0.2) is 76.5 Å². The summed E-state index contributed by atoms with van der Waals surface area (Å²) >= 11 is 0. The third kappa shape index (κ3) is 7.62. The van der Waals surface area contributed by atoms with Crippen LogP contribution < -0.4 is 14.2 Å². The van der Waals surface area contributed by atoms with Gasteiger partial charge in [-0.15, -0.1) is 0 Å². The quantitative estimate of drug-likeness (QED) is 0.232. The summed E-state index contributed by atoms with van der Waals surface area (Å²) in [4.78, 5) is 7.46. The number of sulfone groups is 1. The molecular weight excluding hydrogens is 642 g/mol. The zero-order valence-corrected chi connectivity index (χ0v) is 29.5. The van der Waals surface area contributed by atoms with Gasteiger partial charge < -0.3 is 28.6 Å². The molecule has 3 aromatic rings. The minimum Gasteiger partial charge on any atom is -0.494 e. The van der Waals surface area contributed by atoms with Gasteiger partial charge in [-0.05, 0) is 113 Å². The lowest BCUT2D eigenvalue weighted by molar-refractivity contribution is -0.275. The van der Waals surface area contributed by atoms with Gasteiger partial charge in [-0.25, -0.2) is 13.3 Å². The van der Waals surface area contributed by atoms with Crippen molar-refractivity contribution in [2.45, 2.75) is 54.4 Å². The Balaban J connectivity index is 0.907. The summed E-state index contributed by atoms with van der Waals surface area (Å²) in [6.45, 7) is 7.89. The molecule has 0 bridgehead atoms. The zero-order valence-electron chi connectivity index (χ0n) is 28.7. The zero-order chi connectivity index (χ0) is 33.8. The standard InChI is InChI=1S/C38H49N3O7S/c1-39(2)18-3-23-44-33-8-4-29(5-9-33)27-40-19-14-30(15-20-40)31-16-21-41(22-17-31)38(47-24-25-48-38)32-6-10-34(11-7-32)49(42,43)35-12-13-36-37(26-35)46-28-45-36/h4-13,26,30-31H,3,14-25,27-28H2,1-2H3. The van der Waals surface area contributed by atoms with Gasteiger partial charge in [-0.1, -0.05) is 24.3 Å². The first-order valence-electron chi connectivity index (χ1n) is 17.7. The largest absolute Gasteiger partial charge is 0.494 e. The average molecular weight is 692 g/mol. The van der Waals surface area contributed by atoms with Crippen LogP contribution in [0.5, 0.6) is 17.2 Å².